The molecule has 1 N–H and O–H groups in total. The van der Waals surface area contributed by atoms with Crippen LogP contribution in [0.2, 0.25) is 0 Å². The molecule has 3 rings (SSSR count). The zero-order valence-corrected chi connectivity index (χ0v) is 14.9. The van der Waals surface area contributed by atoms with E-state index in [9.17, 15) is 9.59 Å². The lowest BCUT2D eigenvalue weighted by Gasteiger charge is -2.26. The Morgan fingerprint density at radius 2 is 2.04 bits per heavy atom. The first-order valence-corrected chi connectivity index (χ1v) is 8.70. The Bertz CT molecular complexity index is 855. The minimum Gasteiger partial charge on any atom is -0.450 e. The van der Waals surface area contributed by atoms with Crippen LogP contribution in [-0.2, 0) is 9.53 Å². The topological polar surface area (TPSA) is 71.0 Å². The Kier molecular flexibility index (Phi) is 5.80. The Morgan fingerprint density at radius 1 is 1.26 bits per heavy atom. The number of alkyl halides is 1. The van der Waals surface area contributed by atoms with Gasteiger partial charge in [-0.15, -0.1) is 0 Å². The number of hydrogen-bond acceptors (Lipinski definition) is 5. The highest BCUT2D eigenvalue weighted by Crippen LogP contribution is 2.27. The van der Waals surface area contributed by atoms with Crippen LogP contribution in [0.15, 0.2) is 59.7 Å². The van der Waals surface area contributed by atoms with Gasteiger partial charge < -0.3 is 4.74 Å². The number of hydrogen-bond donors (Lipinski definition) is 1. The molecule has 0 saturated carbocycles. The number of amides is 1. The van der Waals surface area contributed by atoms with E-state index in [1.807, 2.05) is 30.3 Å². The first-order chi connectivity index (χ1) is 13.1. The average molecular weight is 369 g/mol. The summed E-state index contributed by atoms with van der Waals surface area (Å²) in [6, 6.07) is 15.6. The van der Waals surface area contributed by atoms with Gasteiger partial charge in [0.15, 0.2) is 12.0 Å². The monoisotopic (exact) mass is 369 g/mol. The van der Waals surface area contributed by atoms with Crippen LogP contribution >= 0.6 is 0 Å². The molecule has 1 aliphatic rings. The van der Waals surface area contributed by atoms with Gasteiger partial charge in [-0.25, -0.2) is 9.18 Å². The highest BCUT2D eigenvalue weighted by molar-refractivity contribution is 6.42. The normalized spacial score (nSPS) is 15.1. The van der Waals surface area contributed by atoms with E-state index in [1.165, 1.54) is 6.07 Å². The third-order valence-corrected chi connectivity index (χ3v) is 4.06. The number of hydrazone groups is 1. The summed E-state index contributed by atoms with van der Waals surface area (Å²) < 4.78 is 19.9. The quantitative estimate of drug-likeness (QED) is 0.861. The highest BCUT2D eigenvalue weighted by atomic mass is 19.1. The second kappa shape index (κ2) is 8.44. The summed E-state index contributed by atoms with van der Waals surface area (Å²) in [5, 5.41) is 8.40. The van der Waals surface area contributed by atoms with E-state index in [0.29, 0.717) is 12.2 Å². The van der Waals surface area contributed by atoms with Crippen LogP contribution < -0.4 is 10.3 Å². The van der Waals surface area contributed by atoms with Crippen molar-refractivity contribution in [3.05, 3.63) is 60.2 Å². The Hall–Kier alpha value is -3.22. The SMILES string of the molecule is CCOC(=O)Nc1cccc(C(F)C2=NN(c3ccccc3)CCC2=O)c1. The van der Waals surface area contributed by atoms with Crippen molar-refractivity contribution in [1.29, 1.82) is 0 Å². The van der Waals surface area contributed by atoms with E-state index in [-0.39, 0.29) is 30.1 Å². The van der Waals surface area contributed by atoms with Crippen LogP contribution in [0.25, 0.3) is 0 Å². The van der Waals surface area contributed by atoms with Gasteiger partial charge in [-0.2, -0.15) is 5.10 Å². The third-order valence-electron chi connectivity index (χ3n) is 4.06. The summed E-state index contributed by atoms with van der Waals surface area (Å²) in [5.41, 5.74) is 1.29. The number of ether oxygens (including phenoxy) is 1. The Morgan fingerprint density at radius 3 is 2.78 bits per heavy atom. The Labute approximate surface area is 156 Å². The molecule has 0 spiro atoms. The molecule has 6 nitrogen and oxygen atoms in total. The predicted molar refractivity (Wildman–Crippen MR) is 102 cm³/mol. The highest BCUT2D eigenvalue weighted by Gasteiger charge is 2.29. The maximum absolute atomic E-state index is 15.1. The number of carbonyl (C=O) groups is 2. The van der Waals surface area contributed by atoms with Crippen molar-refractivity contribution >= 4 is 29.0 Å². The molecule has 1 atom stereocenters. The minimum absolute atomic E-state index is 0.140. The zero-order valence-electron chi connectivity index (χ0n) is 14.9. The van der Waals surface area contributed by atoms with E-state index in [4.69, 9.17) is 4.74 Å². The molecule has 2 aromatic rings. The molecule has 27 heavy (non-hydrogen) atoms. The van der Waals surface area contributed by atoms with Crippen molar-refractivity contribution in [2.24, 2.45) is 5.10 Å². The molecule has 0 aliphatic carbocycles. The van der Waals surface area contributed by atoms with E-state index < -0.39 is 12.3 Å². The molecule has 1 aliphatic heterocycles. The number of rotatable bonds is 5. The molecule has 1 unspecified atom stereocenters. The number of anilines is 2. The van der Waals surface area contributed by atoms with Crippen LogP contribution in [-0.4, -0.2) is 30.7 Å². The summed E-state index contributed by atoms with van der Waals surface area (Å²) in [5.74, 6) is -0.321. The minimum atomic E-state index is -1.69. The fourth-order valence-electron chi connectivity index (χ4n) is 2.77. The molecule has 0 aromatic heterocycles. The van der Waals surface area contributed by atoms with Gasteiger partial charge in [-0.1, -0.05) is 30.3 Å². The van der Waals surface area contributed by atoms with Gasteiger partial charge in [0.25, 0.3) is 0 Å². The fraction of sp³-hybridized carbons (Fsp3) is 0.250. The molecule has 0 fully saturated rings. The summed E-state index contributed by atoms with van der Waals surface area (Å²) in [6.07, 6.45) is -2.12. The van der Waals surface area contributed by atoms with Crippen LogP contribution in [0, 0.1) is 0 Å². The van der Waals surface area contributed by atoms with Crippen molar-refractivity contribution in [2.75, 3.05) is 23.5 Å². The first-order valence-electron chi connectivity index (χ1n) is 8.70. The van der Waals surface area contributed by atoms with E-state index in [2.05, 4.69) is 10.4 Å². The number of nitrogens with zero attached hydrogens (tertiary/aromatic N) is 2. The summed E-state index contributed by atoms with van der Waals surface area (Å²) >= 11 is 0. The van der Waals surface area contributed by atoms with E-state index in [1.54, 1.807) is 30.1 Å². The number of nitrogens with one attached hydrogen (secondary N) is 1. The second-order valence-electron chi connectivity index (χ2n) is 5.95. The summed E-state index contributed by atoms with van der Waals surface area (Å²) in [4.78, 5) is 23.8. The molecule has 0 radical (unpaired) electrons. The number of Topliss-reactive ketones (excluding diaryl/α,β-unsaturated/α-hetero) is 1. The van der Waals surface area contributed by atoms with Crippen LogP contribution in [0.5, 0.6) is 0 Å². The van der Waals surface area contributed by atoms with E-state index in [0.717, 1.165) is 5.69 Å². The van der Waals surface area contributed by atoms with Crippen LogP contribution in [0.4, 0.5) is 20.6 Å². The maximum atomic E-state index is 15.1. The molecule has 140 valence electrons. The lowest BCUT2D eigenvalue weighted by atomic mass is 10.00. The van der Waals surface area contributed by atoms with Gasteiger partial charge in [0, 0.05) is 18.7 Å². The lowest BCUT2D eigenvalue weighted by Crippen LogP contribution is -2.34. The molecule has 0 bridgehead atoms. The molecule has 1 amide bonds. The summed E-state index contributed by atoms with van der Waals surface area (Å²) in [6.45, 7) is 2.33. The molecule has 1 heterocycles. The molecular weight excluding hydrogens is 349 g/mol. The van der Waals surface area contributed by atoms with Crippen molar-refractivity contribution in [3.8, 4) is 0 Å². The zero-order chi connectivity index (χ0) is 19.2. The molecule has 0 saturated heterocycles. The summed E-state index contributed by atoms with van der Waals surface area (Å²) in [7, 11) is 0. The largest absolute Gasteiger partial charge is 0.450 e. The standard InChI is InChI=1S/C20H20FN3O3/c1-2-27-20(26)22-15-8-6-7-14(13-15)18(21)19-17(25)11-12-24(23-19)16-9-4-3-5-10-16/h3-10,13,18H,2,11-12H2,1H3,(H,22,26). The van der Waals surface area contributed by atoms with Gasteiger partial charge in [0.05, 0.1) is 12.3 Å². The number of para-hydroxylation sites is 1. The molecule has 7 heteroatoms. The fourth-order valence-corrected chi connectivity index (χ4v) is 2.77. The van der Waals surface area contributed by atoms with E-state index >= 15 is 4.39 Å². The van der Waals surface area contributed by atoms with Crippen LogP contribution in [0.1, 0.15) is 25.1 Å². The van der Waals surface area contributed by atoms with Crippen molar-refractivity contribution in [1.82, 2.24) is 0 Å². The second-order valence-corrected chi connectivity index (χ2v) is 5.95. The molecular formula is C20H20FN3O3. The average Bonchev–Trinajstić information content (AvgIpc) is 2.69. The predicted octanol–water partition coefficient (Wildman–Crippen LogP) is 4.10. The number of halogens is 1. The van der Waals surface area contributed by atoms with Crippen molar-refractivity contribution in [2.45, 2.75) is 19.5 Å². The van der Waals surface area contributed by atoms with Gasteiger partial charge in [0.1, 0.15) is 5.71 Å². The molecule has 2 aromatic carbocycles. The van der Waals surface area contributed by atoms with Crippen molar-refractivity contribution < 1.29 is 18.7 Å². The lowest BCUT2D eigenvalue weighted by molar-refractivity contribution is -0.113. The van der Waals surface area contributed by atoms with Gasteiger partial charge in [0.2, 0.25) is 0 Å². The number of ketones is 1. The number of benzene rings is 2. The van der Waals surface area contributed by atoms with Crippen molar-refractivity contribution in [3.63, 3.8) is 0 Å². The van der Waals surface area contributed by atoms with Gasteiger partial charge in [-0.3, -0.25) is 15.1 Å². The first kappa shape index (κ1) is 18.6. The smallest absolute Gasteiger partial charge is 0.411 e. The van der Waals surface area contributed by atoms with Gasteiger partial charge in [-0.05, 0) is 36.8 Å². The number of carbonyl (C=O) groups excluding carboxylic acids is 2. The van der Waals surface area contributed by atoms with Gasteiger partial charge >= 0.3 is 6.09 Å². The van der Waals surface area contributed by atoms with Crippen LogP contribution in [0.3, 0.4) is 0 Å². The third kappa shape index (κ3) is 4.49. The maximum Gasteiger partial charge on any atom is 0.411 e. The Balaban J connectivity index is 1.83.